The summed E-state index contributed by atoms with van der Waals surface area (Å²) in [6.45, 7) is 8.04. The molecule has 1 fully saturated rings. The van der Waals surface area contributed by atoms with Gasteiger partial charge in [0.1, 0.15) is 30.0 Å². The fourth-order valence-corrected chi connectivity index (χ4v) is 4.59. The highest BCUT2D eigenvalue weighted by atomic mass is 28.3. The van der Waals surface area contributed by atoms with Gasteiger partial charge in [-0.2, -0.15) is 0 Å². The Morgan fingerprint density at radius 2 is 2.06 bits per heavy atom. The largest absolute Gasteiger partial charge is 0.361 e. The summed E-state index contributed by atoms with van der Waals surface area (Å²) >= 11 is 0. The molecule has 0 aromatic carbocycles. The molecule has 1 aliphatic carbocycles. The van der Waals surface area contributed by atoms with Crippen LogP contribution in [-0.4, -0.2) is 45.7 Å². The van der Waals surface area contributed by atoms with Crippen molar-refractivity contribution in [3.05, 3.63) is 49.1 Å². The lowest BCUT2D eigenvalue weighted by Gasteiger charge is -2.15. The van der Waals surface area contributed by atoms with E-state index in [1.54, 1.807) is 12.3 Å². The molecule has 0 saturated heterocycles. The molecule has 0 spiro atoms. The van der Waals surface area contributed by atoms with E-state index in [0.717, 1.165) is 28.2 Å². The summed E-state index contributed by atoms with van der Waals surface area (Å²) in [4.78, 5) is 21.2. The minimum atomic E-state index is -1.19. The van der Waals surface area contributed by atoms with Gasteiger partial charge in [0, 0.05) is 56.0 Å². The van der Waals surface area contributed by atoms with Crippen LogP contribution in [-0.2, 0) is 16.3 Å². The summed E-state index contributed by atoms with van der Waals surface area (Å²) in [5.41, 5.74) is 3.65. The lowest BCUT2D eigenvalue weighted by molar-refractivity contribution is -0.117. The van der Waals surface area contributed by atoms with Crippen LogP contribution < -0.4 is 5.32 Å². The number of hydrogen-bond donors (Lipinski definition) is 1. The number of anilines is 1. The standard InChI is InChI=1S/C24H28FN5O2Si/c1-33(2,3)11-10-32-15-30-14-19(16-4-7-22-26-8-9-29(22)13-16)17-5-6-21(27-23(17)30)28-24(31)18-12-20(18)25/h4-9,13-14,18,20H,10-12,15H2,1-3H3,(H,27,28,31)/t18-,20+/m1/s1. The van der Waals surface area contributed by atoms with Crippen LogP contribution in [0.1, 0.15) is 6.42 Å². The minimum absolute atomic E-state index is 0.288. The number of amides is 1. The second kappa shape index (κ2) is 8.38. The van der Waals surface area contributed by atoms with Crippen LogP contribution in [0.25, 0.3) is 27.8 Å². The van der Waals surface area contributed by atoms with Crippen LogP contribution in [0.5, 0.6) is 0 Å². The van der Waals surface area contributed by atoms with E-state index in [1.165, 1.54) is 0 Å². The van der Waals surface area contributed by atoms with Crippen molar-refractivity contribution in [1.82, 2.24) is 18.9 Å². The van der Waals surface area contributed by atoms with Crippen molar-refractivity contribution in [2.24, 2.45) is 5.92 Å². The number of nitrogens with zero attached hydrogens (tertiary/aromatic N) is 4. The van der Waals surface area contributed by atoms with Crippen LogP contribution in [0.15, 0.2) is 49.1 Å². The summed E-state index contributed by atoms with van der Waals surface area (Å²) in [5.74, 6) is -0.453. The van der Waals surface area contributed by atoms with Crippen molar-refractivity contribution < 1.29 is 13.9 Å². The molecule has 5 rings (SSSR count). The number of ether oxygens (including phenoxy) is 1. The third-order valence-corrected chi connectivity index (χ3v) is 7.65. The Labute approximate surface area is 192 Å². The Morgan fingerprint density at radius 3 is 2.82 bits per heavy atom. The van der Waals surface area contributed by atoms with E-state index >= 15 is 0 Å². The first kappa shape index (κ1) is 21.8. The Hall–Kier alpha value is -3.04. The summed E-state index contributed by atoms with van der Waals surface area (Å²) in [6, 6.07) is 8.82. The summed E-state index contributed by atoms with van der Waals surface area (Å²) in [5, 5.41) is 3.71. The van der Waals surface area contributed by atoms with Crippen molar-refractivity contribution >= 4 is 36.5 Å². The van der Waals surface area contributed by atoms with E-state index in [2.05, 4.69) is 29.9 Å². The van der Waals surface area contributed by atoms with Crippen LogP contribution >= 0.6 is 0 Å². The van der Waals surface area contributed by atoms with E-state index in [9.17, 15) is 9.18 Å². The molecule has 1 N–H and O–H groups in total. The number of aromatic nitrogens is 4. The Bertz CT molecular complexity index is 1330. The first-order valence-electron chi connectivity index (χ1n) is 11.2. The van der Waals surface area contributed by atoms with Gasteiger partial charge in [0.05, 0.1) is 5.92 Å². The number of nitrogens with one attached hydrogen (secondary N) is 1. The number of fused-ring (bicyclic) bond motifs is 2. The zero-order valence-corrected chi connectivity index (χ0v) is 20.1. The van der Waals surface area contributed by atoms with Gasteiger partial charge in [-0.1, -0.05) is 19.6 Å². The maximum absolute atomic E-state index is 13.3. The first-order chi connectivity index (χ1) is 15.8. The molecule has 0 radical (unpaired) electrons. The lowest BCUT2D eigenvalue weighted by Crippen LogP contribution is -2.22. The molecule has 7 nitrogen and oxygen atoms in total. The number of pyridine rings is 2. The van der Waals surface area contributed by atoms with E-state index in [1.807, 2.05) is 45.8 Å². The minimum Gasteiger partial charge on any atom is -0.361 e. The van der Waals surface area contributed by atoms with Gasteiger partial charge in [0.2, 0.25) is 5.91 Å². The van der Waals surface area contributed by atoms with Crippen LogP contribution in [0.4, 0.5) is 10.2 Å². The molecule has 33 heavy (non-hydrogen) atoms. The molecule has 172 valence electrons. The monoisotopic (exact) mass is 465 g/mol. The van der Waals surface area contributed by atoms with Gasteiger partial charge in [0.25, 0.3) is 0 Å². The van der Waals surface area contributed by atoms with Gasteiger partial charge in [-0.05, 0) is 36.7 Å². The number of hydrogen-bond acceptors (Lipinski definition) is 4. The van der Waals surface area contributed by atoms with Crippen molar-refractivity contribution in [2.45, 2.75) is 45.0 Å². The topological polar surface area (TPSA) is 73.5 Å². The molecular formula is C24H28FN5O2Si. The van der Waals surface area contributed by atoms with Gasteiger partial charge < -0.3 is 19.0 Å². The number of halogens is 1. The number of carbonyl (C=O) groups excluding carboxylic acids is 1. The molecule has 1 saturated carbocycles. The van der Waals surface area contributed by atoms with Crippen molar-refractivity contribution in [3.63, 3.8) is 0 Å². The predicted molar refractivity (Wildman–Crippen MR) is 130 cm³/mol. The highest BCUT2D eigenvalue weighted by Crippen LogP contribution is 2.35. The third kappa shape index (κ3) is 4.69. The van der Waals surface area contributed by atoms with Crippen molar-refractivity contribution in [2.75, 3.05) is 11.9 Å². The molecule has 4 aromatic heterocycles. The highest BCUT2D eigenvalue weighted by molar-refractivity contribution is 6.76. The fraction of sp³-hybridized carbons (Fsp3) is 0.375. The van der Waals surface area contributed by atoms with E-state index in [0.29, 0.717) is 24.8 Å². The molecule has 4 heterocycles. The van der Waals surface area contributed by atoms with Gasteiger partial charge in [0.15, 0.2) is 0 Å². The zero-order valence-electron chi connectivity index (χ0n) is 19.1. The summed E-state index contributed by atoms with van der Waals surface area (Å²) in [7, 11) is -1.19. The van der Waals surface area contributed by atoms with Crippen molar-refractivity contribution in [1.29, 1.82) is 0 Å². The highest BCUT2D eigenvalue weighted by Gasteiger charge is 2.43. The second-order valence-corrected chi connectivity index (χ2v) is 15.5. The number of alkyl halides is 1. The molecule has 4 aromatic rings. The second-order valence-electron chi connectivity index (χ2n) is 9.89. The Kier molecular flexibility index (Phi) is 5.53. The van der Waals surface area contributed by atoms with Crippen molar-refractivity contribution in [3.8, 4) is 11.1 Å². The maximum atomic E-state index is 13.3. The first-order valence-corrected chi connectivity index (χ1v) is 14.9. The number of imidazole rings is 1. The number of rotatable bonds is 8. The van der Waals surface area contributed by atoms with E-state index in [-0.39, 0.29) is 12.3 Å². The molecule has 1 aliphatic rings. The SMILES string of the molecule is C[Si](C)(C)CCOCn1cc(-c2ccc3nccn3c2)c2ccc(NC(=O)[C@@H]3C[C@@H]3F)nc21. The predicted octanol–water partition coefficient (Wildman–Crippen LogP) is 4.96. The van der Waals surface area contributed by atoms with Crippen LogP contribution in [0.2, 0.25) is 25.7 Å². The average molecular weight is 466 g/mol. The molecule has 0 unspecified atom stereocenters. The molecule has 1 amide bonds. The molecule has 9 heteroatoms. The molecule has 0 bridgehead atoms. The maximum Gasteiger partial charge on any atom is 0.231 e. The van der Waals surface area contributed by atoms with Crippen LogP contribution in [0, 0.1) is 5.92 Å². The third-order valence-electron chi connectivity index (χ3n) is 5.95. The van der Waals surface area contributed by atoms with E-state index in [4.69, 9.17) is 9.72 Å². The van der Waals surface area contributed by atoms with Gasteiger partial charge in [-0.3, -0.25) is 4.79 Å². The number of carbonyl (C=O) groups is 1. The van der Waals surface area contributed by atoms with Gasteiger partial charge in [-0.25, -0.2) is 14.4 Å². The summed E-state index contributed by atoms with van der Waals surface area (Å²) in [6.07, 6.45) is 7.01. The smallest absolute Gasteiger partial charge is 0.231 e. The summed E-state index contributed by atoms with van der Waals surface area (Å²) < 4.78 is 23.2. The molecular weight excluding hydrogens is 437 g/mol. The van der Waals surface area contributed by atoms with Gasteiger partial charge in [-0.15, -0.1) is 0 Å². The van der Waals surface area contributed by atoms with Gasteiger partial charge >= 0.3 is 0 Å². The lowest BCUT2D eigenvalue weighted by atomic mass is 10.1. The normalized spacial score (nSPS) is 18.2. The Balaban J connectivity index is 1.47. The fourth-order valence-electron chi connectivity index (χ4n) is 3.84. The van der Waals surface area contributed by atoms with E-state index < -0.39 is 20.2 Å². The quantitative estimate of drug-likeness (QED) is 0.295. The molecule has 2 atom stereocenters. The zero-order chi connectivity index (χ0) is 23.2. The van der Waals surface area contributed by atoms with Crippen LogP contribution in [0.3, 0.4) is 0 Å². The average Bonchev–Trinajstić information content (AvgIpc) is 3.18. The molecule has 0 aliphatic heterocycles. The Morgan fingerprint density at radius 1 is 1.24 bits per heavy atom.